The molecule has 0 aliphatic carbocycles. The third kappa shape index (κ3) is 2.91. The van der Waals surface area contributed by atoms with Crippen LogP contribution >= 0.6 is 23.1 Å². The van der Waals surface area contributed by atoms with Crippen molar-refractivity contribution in [2.45, 2.75) is 10.6 Å². The van der Waals surface area contributed by atoms with Gasteiger partial charge in [0.25, 0.3) is 0 Å². The maximum Gasteiger partial charge on any atom is 0.150 e. The number of carbonyl (C=O) groups excluding carboxylic acids is 1. The monoisotopic (exact) mass is 235 g/mol. The van der Waals surface area contributed by atoms with E-state index in [0.717, 1.165) is 17.6 Å². The average Bonchev–Trinajstić information content (AvgIpc) is 2.80. The Hall–Kier alpha value is -1.13. The van der Waals surface area contributed by atoms with E-state index in [2.05, 4.69) is 4.98 Å². The van der Waals surface area contributed by atoms with E-state index in [1.807, 2.05) is 36.0 Å². The molecule has 0 N–H and O–H groups in total. The van der Waals surface area contributed by atoms with Gasteiger partial charge in [0.15, 0.2) is 0 Å². The van der Waals surface area contributed by atoms with Gasteiger partial charge in [0.2, 0.25) is 0 Å². The van der Waals surface area contributed by atoms with Crippen LogP contribution < -0.4 is 0 Å². The van der Waals surface area contributed by atoms with Gasteiger partial charge >= 0.3 is 0 Å². The van der Waals surface area contributed by atoms with E-state index in [-0.39, 0.29) is 0 Å². The Balaban J connectivity index is 1.96. The molecule has 0 aliphatic heterocycles. The molecule has 2 nitrogen and oxygen atoms in total. The number of nitrogens with zero attached hydrogens (tertiary/aromatic N) is 1. The molecule has 2 rings (SSSR count). The van der Waals surface area contributed by atoms with Gasteiger partial charge in [-0.05, 0) is 12.1 Å². The molecule has 0 spiro atoms. The summed E-state index contributed by atoms with van der Waals surface area (Å²) in [5.74, 6) is 0.936. The molecule has 1 heterocycles. The molecule has 1 aromatic heterocycles. The summed E-state index contributed by atoms with van der Waals surface area (Å²) in [6.07, 6.45) is 2.75. The number of benzene rings is 1. The maximum atomic E-state index is 10.4. The zero-order valence-electron chi connectivity index (χ0n) is 7.92. The SMILES string of the molecule is O=Cc1ccc(SCc2cncs2)cc1. The van der Waals surface area contributed by atoms with E-state index in [4.69, 9.17) is 0 Å². The molecule has 0 saturated heterocycles. The molecule has 0 atom stereocenters. The lowest BCUT2D eigenvalue weighted by atomic mass is 10.2. The highest BCUT2D eigenvalue weighted by atomic mass is 32.2. The molecule has 2 aromatic rings. The summed E-state index contributed by atoms with van der Waals surface area (Å²) in [6, 6.07) is 7.61. The van der Waals surface area contributed by atoms with Crippen molar-refractivity contribution in [2.24, 2.45) is 0 Å². The van der Waals surface area contributed by atoms with Crippen LogP contribution in [0, 0.1) is 0 Å². The molecule has 76 valence electrons. The first-order valence-corrected chi connectivity index (χ1v) is 6.30. The number of hydrogen-bond donors (Lipinski definition) is 0. The number of thioether (sulfide) groups is 1. The number of thiazole rings is 1. The van der Waals surface area contributed by atoms with Crippen LogP contribution in [0.15, 0.2) is 40.9 Å². The molecule has 0 fully saturated rings. The van der Waals surface area contributed by atoms with Gasteiger partial charge in [0.05, 0.1) is 5.51 Å². The third-order valence-corrected chi connectivity index (χ3v) is 3.90. The molecule has 15 heavy (non-hydrogen) atoms. The van der Waals surface area contributed by atoms with E-state index < -0.39 is 0 Å². The molecule has 0 unspecified atom stereocenters. The predicted octanol–water partition coefficient (Wildman–Crippen LogP) is 3.25. The molecule has 4 heteroatoms. The van der Waals surface area contributed by atoms with Crippen molar-refractivity contribution in [2.75, 3.05) is 0 Å². The Bertz CT molecular complexity index is 422. The normalized spacial score (nSPS) is 10.1. The second-order valence-electron chi connectivity index (χ2n) is 2.94. The van der Waals surface area contributed by atoms with E-state index in [1.54, 1.807) is 23.1 Å². The van der Waals surface area contributed by atoms with Crippen molar-refractivity contribution >= 4 is 29.4 Å². The van der Waals surface area contributed by atoms with Crippen LogP contribution in [0.2, 0.25) is 0 Å². The van der Waals surface area contributed by atoms with Crippen LogP contribution in [-0.4, -0.2) is 11.3 Å². The Morgan fingerprint density at radius 1 is 1.33 bits per heavy atom. The summed E-state index contributed by atoms with van der Waals surface area (Å²) in [6.45, 7) is 0. The first-order chi connectivity index (χ1) is 7.38. The Morgan fingerprint density at radius 2 is 2.13 bits per heavy atom. The highest BCUT2D eigenvalue weighted by Crippen LogP contribution is 2.24. The smallest absolute Gasteiger partial charge is 0.150 e. The first-order valence-electron chi connectivity index (χ1n) is 4.44. The summed E-state index contributed by atoms with van der Waals surface area (Å²) in [7, 11) is 0. The zero-order valence-corrected chi connectivity index (χ0v) is 9.55. The molecule has 0 amide bonds. The van der Waals surface area contributed by atoms with Crippen molar-refractivity contribution in [1.29, 1.82) is 0 Å². The molecule has 0 aliphatic rings. The van der Waals surface area contributed by atoms with Gasteiger partial charge in [0.1, 0.15) is 6.29 Å². The van der Waals surface area contributed by atoms with Crippen LogP contribution in [0.4, 0.5) is 0 Å². The van der Waals surface area contributed by atoms with Crippen molar-refractivity contribution < 1.29 is 4.79 Å². The minimum atomic E-state index is 0.720. The van der Waals surface area contributed by atoms with Crippen molar-refractivity contribution in [3.8, 4) is 0 Å². The number of aldehydes is 1. The molecule has 0 saturated carbocycles. The molecular weight excluding hydrogens is 226 g/mol. The third-order valence-electron chi connectivity index (χ3n) is 1.88. The summed E-state index contributed by atoms with van der Waals surface area (Å²) in [5.41, 5.74) is 2.56. The lowest BCUT2D eigenvalue weighted by molar-refractivity contribution is 0.112. The van der Waals surface area contributed by atoms with Crippen molar-refractivity contribution in [3.05, 3.63) is 46.4 Å². The van der Waals surface area contributed by atoms with Gasteiger partial charge in [-0.15, -0.1) is 23.1 Å². The summed E-state index contributed by atoms with van der Waals surface area (Å²) in [4.78, 5) is 16.9. The van der Waals surface area contributed by atoms with Crippen LogP contribution in [0.3, 0.4) is 0 Å². The zero-order chi connectivity index (χ0) is 10.5. The van der Waals surface area contributed by atoms with Crippen LogP contribution in [0.5, 0.6) is 0 Å². The second-order valence-corrected chi connectivity index (χ2v) is 4.96. The van der Waals surface area contributed by atoms with E-state index >= 15 is 0 Å². The van der Waals surface area contributed by atoms with Gasteiger partial charge in [-0.1, -0.05) is 12.1 Å². The lowest BCUT2D eigenvalue weighted by Crippen LogP contribution is -1.79. The fourth-order valence-corrected chi connectivity index (χ4v) is 2.65. The van der Waals surface area contributed by atoms with E-state index in [1.165, 1.54) is 9.77 Å². The number of aromatic nitrogens is 1. The average molecular weight is 235 g/mol. The van der Waals surface area contributed by atoms with Gasteiger partial charge < -0.3 is 0 Å². The first kappa shape index (κ1) is 10.4. The minimum absolute atomic E-state index is 0.720. The van der Waals surface area contributed by atoms with E-state index in [9.17, 15) is 4.79 Å². The largest absolute Gasteiger partial charge is 0.298 e. The highest BCUT2D eigenvalue weighted by molar-refractivity contribution is 7.98. The fourth-order valence-electron chi connectivity index (χ4n) is 1.11. The summed E-state index contributed by atoms with van der Waals surface area (Å²) in [5, 5.41) is 0. The fraction of sp³-hybridized carbons (Fsp3) is 0.0909. The van der Waals surface area contributed by atoms with E-state index in [0.29, 0.717) is 0 Å². The van der Waals surface area contributed by atoms with Gasteiger partial charge in [0, 0.05) is 27.3 Å². The second kappa shape index (κ2) is 5.09. The number of carbonyl (C=O) groups is 1. The topological polar surface area (TPSA) is 30.0 Å². The summed E-state index contributed by atoms with van der Waals surface area (Å²) < 4.78 is 0. The quantitative estimate of drug-likeness (QED) is 0.602. The number of rotatable bonds is 4. The van der Waals surface area contributed by atoms with Crippen molar-refractivity contribution in [1.82, 2.24) is 4.98 Å². The highest BCUT2D eigenvalue weighted by Gasteiger charge is 1.97. The molecule has 1 aromatic carbocycles. The maximum absolute atomic E-state index is 10.4. The van der Waals surface area contributed by atoms with Crippen LogP contribution in [0.25, 0.3) is 0 Å². The van der Waals surface area contributed by atoms with Crippen molar-refractivity contribution in [3.63, 3.8) is 0 Å². The summed E-state index contributed by atoms with van der Waals surface area (Å²) >= 11 is 3.41. The Labute approximate surface area is 96.4 Å². The van der Waals surface area contributed by atoms with Crippen LogP contribution in [-0.2, 0) is 5.75 Å². The lowest BCUT2D eigenvalue weighted by Gasteiger charge is -1.99. The Kier molecular flexibility index (Phi) is 3.53. The molecule has 0 bridgehead atoms. The number of hydrogen-bond acceptors (Lipinski definition) is 4. The standard InChI is InChI=1S/C11H9NOS2/c13-6-9-1-3-10(4-2-9)14-7-11-5-12-8-15-11/h1-6,8H,7H2. The molecular formula is C11H9NOS2. The predicted molar refractivity (Wildman–Crippen MR) is 63.5 cm³/mol. The Morgan fingerprint density at radius 3 is 2.73 bits per heavy atom. The van der Waals surface area contributed by atoms with Crippen LogP contribution in [0.1, 0.15) is 15.2 Å². The van der Waals surface area contributed by atoms with Gasteiger partial charge in [-0.3, -0.25) is 9.78 Å². The minimum Gasteiger partial charge on any atom is -0.298 e. The molecule has 0 radical (unpaired) electrons. The van der Waals surface area contributed by atoms with Gasteiger partial charge in [-0.25, -0.2) is 0 Å². The van der Waals surface area contributed by atoms with Gasteiger partial charge in [-0.2, -0.15) is 0 Å².